The molecule has 1 aliphatic rings. The number of quaternary nitrogens is 1. The van der Waals surface area contributed by atoms with Gasteiger partial charge < -0.3 is 19.5 Å². The average Bonchev–Trinajstić information content (AvgIpc) is 2.38. The van der Waals surface area contributed by atoms with Crippen molar-refractivity contribution in [2.24, 2.45) is 0 Å². The minimum atomic E-state index is -0.975. The van der Waals surface area contributed by atoms with Gasteiger partial charge in [0.2, 0.25) is 0 Å². The van der Waals surface area contributed by atoms with Crippen LogP contribution >= 0.6 is 0 Å². The molecule has 1 saturated heterocycles. The Morgan fingerprint density at radius 2 is 1.84 bits per heavy atom. The van der Waals surface area contributed by atoms with Crippen molar-refractivity contribution < 1.29 is 19.5 Å². The lowest BCUT2D eigenvalue weighted by atomic mass is 9.98. The first-order valence-corrected chi connectivity index (χ1v) is 6.84. The summed E-state index contributed by atoms with van der Waals surface area (Å²) >= 11 is 0. The SMILES string of the molecule is C[N+]1(C(Cc2ccc(O)cc2)C(=O)[O-])CCCCC1. The molecule has 1 fully saturated rings. The number of carboxylic acid groups (broad SMARTS) is 1. The van der Waals surface area contributed by atoms with E-state index in [1.54, 1.807) is 24.3 Å². The van der Waals surface area contributed by atoms with Crippen molar-refractivity contribution in [3.63, 3.8) is 0 Å². The second-order valence-electron chi connectivity index (χ2n) is 5.69. The molecule has 1 aromatic carbocycles. The molecular formula is C15H21NO3. The fraction of sp³-hybridized carbons (Fsp3) is 0.533. The topological polar surface area (TPSA) is 60.4 Å². The van der Waals surface area contributed by atoms with E-state index in [0.717, 1.165) is 31.5 Å². The minimum Gasteiger partial charge on any atom is -0.544 e. The first kappa shape index (κ1) is 13.9. The fourth-order valence-electron chi connectivity index (χ4n) is 2.96. The minimum absolute atomic E-state index is 0.201. The van der Waals surface area contributed by atoms with Crippen molar-refractivity contribution in [2.75, 3.05) is 20.1 Å². The molecule has 19 heavy (non-hydrogen) atoms. The van der Waals surface area contributed by atoms with Crippen LogP contribution in [0.1, 0.15) is 24.8 Å². The largest absolute Gasteiger partial charge is 0.544 e. The summed E-state index contributed by atoms with van der Waals surface area (Å²) in [6.07, 6.45) is 3.80. The molecule has 1 aliphatic heterocycles. The van der Waals surface area contributed by atoms with Gasteiger partial charge in [-0.2, -0.15) is 0 Å². The number of phenols is 1. The lowest BCUT2D eigenvalue weighted by Gasteiger charge is -2.44. The van der Waals surface area contributed by atoms with Gasteiger partial charge in [-0.25, -0.2) is 0 Å². The van der Waals surface area contributed by atoms with Crippen molar-refractivity contribution in [3.05, 3.63) is 29.8 Å². The van der Waals surface area contributed by atoms with E-state index in [-0.39, 0.29) is 5.75 Å². The molecule has 0 radical (unpaired) electrons. The average molecular weight is 263 g/mol. The van der Waals surface area contributed by atoms with Crippen molar-refractivity contribution in [3.8, 4) is 5.75 Å². The summed E-state index contributed by atoms with van der Waals surface area (Å²) < 4.78 is 0.559. The Labute approximate surface area is 113 Å². The van der Waals surface area contributed by atoms with Crippen molar-refractivity contribution in [2.45, 2.75) is 31.7 Å². The monoisotopic (exact) mass is 263 g/mol. The molecule has 4 heteroatoms. The second-order valence-corrected chi connectivity index (χ2v) is 5.69. The summed E-state index contributed by atoms with van der Waals surface area (Å²) in [5, 5.41) is 20.8. The van der Waals surface area contributed by atoms with Gasteiger partial charge in [0, 0.05) is 6.42 Å². The highest BCUT2D eigenvalue weighted by Gasteiger charge is 2.35. The van der Waals surface area contributed by atoms with Crippen molar-refractivity contribution in [1.29, 1.82) is 0 Å². The lowest BCUT2D eigenvalue weighted by molar-refractivity contribution is -0.931. The van der Waals surface area contributed by atoms with Crippen LogP contribution in [0.15, 0.2) is 24.3 Å². The number of piperidine rings is 1. The summed E-state index contributed by atoms with van der Waals surface area (Å²) in [4.78, 5) is 11.5. The first-order valence-electron chi connectivity index (χ1n) is 6.84. The lowest BCUT2D eigenvalue weighted by Crippen LogP contribution is -2.62. The number of carbonyl (C=O) groups is 1. The van der Waals surface area contributed by atoms with E-state index < -0.39 is 12.0 Å². The first-order chi connectivity index (χ1) is 9.01. The zero-order valence-electron chi connectivity index (χ0n) is 11.3. The molecule has 4 nitrogen and oxygen atoms in total. The Balaban J connectivity index is 2.16. The zero-order valence-corrected chi connectivity index (χ0v) is 11.3. The maximum Gasteiger partial charge on any atom is 0.133 e. The Kier molecular flexibility index (Phi) is 4.10. The number of rotatable bonds is 4. The highest BCUT2D eigenvalue weighted by atomic mass is 16.4. The van der Waals surface area contributed by atoms with E-state index in [2.05, 4.69) is 0 Å². The van der Waals surface area contributed by atoms with Gasteiger partial charge in [0.1, 0.15) is 11.8 Å². The number of carboxylic acids is 1. The van der Waals surface area contributed by atoms with E-state index in [0.29, 0.717) is 10.9 Å². The molecule has 1 unspecified atom stereocenters. The number of aliphatic carboxylic acids is 1. The number of nitrogens with zero attached hydrogens (tertiary/aromatic N) is 1. The molecule has 0 spiro atoms. The van der Waals surface area contributed by atoms with Crippen LogP contribution in [0.2, 0.25) is 0 Å². The third-order valence-electron chi connectivity index (χ3n) is 4.23. The van der Waals surface area contributed by atoms with Crippen LogP contribution in [-0.2, 0) is 11.2 Å². The smallest absolute Gasteiger partial charge is 0.133 e. The molecule has 104 valence electrons. The molecular weight excluding hydrogens is 242 g/mol. The van der Waals surface area contributed by atoms with Crippen LogP contribution in [0.4, 0.5) is 0 Å². The molecule has 1 heterocycles. The molecule has 1 aromatic rings. The number of hydrogen-bond acceptors (Lipinski definition) is 3. The summed E-state index contributed by atoms with van der Waals surface area (Å²) in [7, 11) is 2.01. The van der Waals surface area contributed by atoms with Gasteiger partial charge in [-0.3, -0.25) is 0 Å². The summed E-state index contributed by atoms with van der Waals surface area (Å²) in [6, 6.07) is 6.24. The molecule has 1 N–H and O–H groups in total. The second kappa shape index (κ2) is 5.61. The van der Waals surface area contributed by atoms with Gasteiger partial charge in [-0.05, 0) is 37.0 Å². The molecule has 1 atom stereocenters. The maximum atomic E-state index is 11.5. The van der Waals surface area contributed by atoms with Gasteiger partial charge in [-0.15, -0.1) is 0 Å². The Bertz CT molecular complexity index is 435. The summed E-state index contributed by atoms with van der Waals surface area (Å²) in [6.45, 7) is 1.80. The highest BCUT2D eigenvalue weighted by Crippen LogP contribution is 2.23. The number of likely N-dealkylation sites (tertiary alicyclic amines) is 1. The van der Waals surface area contributed by atoms with Crippen LogP contribution in [0.25, 0.3) is 0 Å². The Morgan fingerprint density at radius 1 is 1.26 bits per heavy atom. The number of aromatic hydroxyl groups is 1. The zero-order chi connectivity index (χ0) is 13.9. The number of likely N-dealkylation sites (N-methyl/N-ethyl adjacent to an activating group) is 1. The highest BCUT2D eigenvalue weighted by molar-refractivity contribution is 5.70. The summed E-state index contributed by atoms with van der Waals surface area (Å²) in [5.41, 5.74) is 0.928. The van der Waals surface area contributed by atoms with E-state index >= 15 is 0 Å². The van der Waals surface area contributed by atoms with Crippen LogP contribution in [0.3, 0.4) is 0 Å². The van der Waals surface area contributed by atoms with Crippen LogP contribution in [0.5, 0.6) is 5.75 Å². The standard InChI is InChI=1S/C15H21NO3/c1-16(9-3-2-4-10-16)14(15(18)19)11-12-5-7-13(17)8-6-12/h5-8,14H,2-4,9-11H2,1H3,(H-,17,18,19). The maximum absolute atomic E-state index is 11.5. The fourth-order valence-corrected chi connectivity index (χ4v) is 2.96. The third-order valence-corrected chi connectivity index (χ3v) is 4.23. The van der Waals surface area contributed by atoms with Crippen LogP contribution < -0.4 is 5.11 Å². The Morgan fingerprint density at radius 3 is 2.37 bits per heavy atom. The van der Waals surface area contributed by atoms with Gasteiger partial charge in [0.25, 0.3) is 0 Å². The third kappa shape index (κ3) is 3.26. The molecule has 0 amide bonds. The van der Waals surface area contributed by atoms with Crippen LogP contribution in [0, 0.1) is 0 Å². The molecule has 0 aliphatic carbocycles. The molecule has 0 bridgehead atoms. The predicted molar refractivity (Wildman–Crippen MR) is 70.4 cm³/mol. The summed E-state index contributed by atoms with van der Waals surface area (Å²) in [5.74, 6) is -0.774. The normalized spacial score (nSPS) is 19.8. The van der Waals surface area contributed by atoms with E-state index in [1.807, 2.05) is 7.05 Å². The number of phenolic OH excluding ortho intramolecular Hbond substituents is 1. The van der Waals surface area contributed by atoms with E-state index in [1.165, 1.54) is 6.42 Å². The molecule has 0 saturated carbocycles. The van der Waals surface area contributed by atoms with Gasteiger partial charge in [-0.1, -0.05) is 12.1 Å². The number of hydrogen-bond donors (Lipinski definition) is 1. The number of carbonyl (C=O) groups excluding carboxylic acids is 1. The van der Waals surface area contributed by atoms with E-state index in [9.17, 15) is 15.0 Å². The van der Waals surface area contributed by atoms with Crippen LogP contribution in [-0.4, -0.2) is 41.7 Å². The Hall–Kier alpha value is -1.55. The molecule has 0 aromatic heterocycles. The van der Waals surface area contributed by atoms with Gasteiger partial charge in [0.05, 0.1) is 26.1 Å². The quantitative estimate of drug-likeness (QED) is 0.813. The number of benzene rings is 1. The van der Waals surface area contributed by atoms with Gasteiger partial charge >= 0.3 is 0 Å². The predicted octanol–water partition coefficient (Wildman–Crippen LogP) is 0.684. The molecule has 2 rings (SSSR count). The van der Waals surface area contributed by atoms with Crippen molar-refractivity contribution in [1.82, 2.24) is 0 Å². The van der Waals surface area contributed by atoms with Crippen molar-refractivity contribution >= 4 is 5.97 Å². The van der Waals surface area contributed by atoms with E-state index in [4.69, 9.17) is 0 Å². The van der Waals surface area contributed by atoms with Gasteiger partial charge in [0.15, 0.2) is 0 Å².